The van der Waals surface area contributed by atoms with Crippen LogP contribution in [0.5, 0.6) is 0 Å². The van der Waals surface area contributed by atoms with E-state index in [4.69, 9.17) is 5.53 Å². The van der Waals surface area contributed by atoms with Crippen molar-refractivity contribution in [2.24, 2.45) is 5.11 Å². The Bertz CT molecular complexity index is 404. The van der Waals surface area contributed by atoms with Gasteiger partial charge in [-0.25, -0.2) is 0 Å². The van der Waals surface area contributed by atoms with Gasteiger partial charge in [-0.2, -0.15) is 0 Å². The lowest BCUT2D eigenvalue weighted by Gasteiger charge is -2.20. The van der Waals surface area contributed by atoms with Crippen LogP contribution in [0.3, 0.4) is 0 Å². The lowest BCUT2D eigenvalue weighted by molar-refractivity contribution is 0.289. The highest BCUT2D eigenvalue weighted by Crippen LogP contribution is 2.14. The van der Waals surface area contributed by atoms with Gasteiger partial charge in [0, 0.05) is 23.7 Å². The molecule has 1 aromatic rings. The fourth-order valence-corrected chi connectivity index (χ4v) is 1.78. The molecule has 0 fully saturated rings. The predicted molar refractivity (Wildman–Crippen MR) is 75.6 cm³/mol. The highest BCUT2D eigenvalue weighted by molar-refractivity contribution is 5.38. The molecule has 0 aliphatic rings. The van der Waals surface area contributed by atoms with Crippen LogP contribution in [0, 0.1) is 0 Å². The summed E-state index contributed by atoms with van der Waals surface area (Å²) in [6, 6.07) is 7.71. The number of unbranched alkanes of at least 4 members (excludes halogenated alkanes) is 1. The van der Waals surface area contributed by atoms with E-state index in [-0.39, 0.29) is 0 Å². The van der Waals surface area contributed by atoms with Crippen LogP contribution in [0.4, 0.5) is 5.69 Å². The Balaban J connectivity index is 2.61. The maximum absolute atomic E-state index is 8.34. The van der Waals surface area contributed by atoms with Gasteiger partial charge in [0.2, 0.25) is 0 Å². The van der Waals surface area contributed by atoms with Gasteiger partial charge in [0.05, 0.1) is 0 Å². The van der Waals surface area contributed by atoms with Crippen molar-refractivity contribution in [1.82, 2.24) is 4.90 Å². The van der Waals surface area contributed by atoms with E-state index < -0.39 is 0 Å². The Kier molecular flexibility index (Phi) is 6.62. The van der Waals surface area contributed by atoms with E-state index in [1.54, 1.807) is 0 Å². The molecule has 0 spiro atoms. The fourth-order valence-electron chi connectivity index (χ4n) is 1.78. The topological polar surface area (TPSA) is 52.0 Å². The van der Waals surface area contributed by atoms with E-state index in [9.17, 15) is 0 Å². The van der Waals surface area contributed by atoms with Crippen molar-refractivity contribution in [3.63, 3.8) is 0 Å². The Hall–Kier alpha value is -1.77. The minimum atomic E-state index is 0.657. The minimum Gasteiger partial charge on any atom is -0.295 e. The van der Waals surface area contributed by atoms with Crippen molar-refractivity contribution >= 4 is 5.69 Å². The van der Waals surface area contributed by atoms with Crippen molar-refractivity contribution < 1.29 is 0 Å². The summed E-state index contributed by atoms with van der Waals surface area (Å²) in [5.41, 5.74) is 10.2. The van der Waals surface area contributed by atoms with Gasteiger partial charge in [-0.1, -0.05) is 48.8 Å². The fraction of sp³-hybridized carbons (Fsp3) is 0.429. The third-order valence-corrected chi connectivity index (χ3v) is 2.72. The largest absolute Gasteiger partial charge is 0.295 e. The molecule has 0 bridgehead atoms. The molecule has 0 aliphatic carbocycles. The third-order valence-electron chi connectivity index (χ3n) is 2.72. The summed E-state index contributed by atoms with van der Waals surface area (Å²) in [7, 11) is 0. The Morgan fingerprint density at radius 1 is 1.39 bits per heavy atom. The van der Waals surface area contributed by atoms with Crippen LogP contribution in [-0.4, -0.2) is 18.0 Å². The van der Waals surface area contributed by atoms with E-state index in [0.717, 1.165) is 19.6 Å². The molecule has 4 nitrogen and oxygen atoms in total. The lowest BCUT2D eigenvalue weighted by Crippen LogP contribution is -2.24. The van der Waals surface area contributed by atoms with Crippen LogP contribution in [0.1, 0.15) is 25.3 Å². The first-order valence-electron chi connectivity index (χ1n) is 6.27. The van der Waals surface area contributed by atoms with Crippen LogP contribution in [0.2, 0.25) is 0 Å². The molecule has 1 aromatic carbocycles. The second kappa shape index (κ2) is 8.34. The molecule has 1 rings (SSSR count). The highest BCUT2D eigenvalue weighted by atomic mass is 15.1. The quantitative estimate of drug-likeness (QED) is 0.289. The van der Waals surface area contributed by atoms with E-state index in [2.05, 4.69) is 28.4 Å². The first kappa shape index (κ1) is 14.3. The molecule has 0 aliphatic heterocycles. The van der Waals surface area contributed by atoms with E-state index >= 15 is 0 Å². The molecular weight excluding hydrogens is 224 g/mol. The molecule has 0 unspecified atom stereocenters. The molecule has 0 saturated carbocycles. The summed E-state index contributed by atoms with van der Waals surface area (Å²) in [5.74, 6) is 0. The zero-order valence-corrected chi connectivity index (χ0v) is 10.9. The monoisotopic (exact) mass is 244 g/mol. The van der Waals surface area contributed by atoms with E-state index in [1.165, 1.54) is 18.4 Å². The van der Waals surface area contributed by atoms with Crippen molar-refractivity contribution in [3.8, 4) is 0 Å². The lowest BCUT2D eigenvalue weighted by atomic mass is 10.2. The minimum absolute atomic E-state index is 0.657. The molecule has 0 heterocycles. The Labute approximate surface area is 109 Å². The number of rotatable bonds is 8. The van der Waals surface area contributed by atoms with Crippen molar-refractivity contribution in [2.75, 3.05) is 13.1 Å². The Morgan fingerprint density at radius 3 is 2.67 bits per heavy atom. The maximum atomic E-state index is 8.34. The zero-order valence-electron chi connectivity index (χ0n) is 10.9. The van der Waals surface area contributed by atoms with Gasteiger partial charge in [-0.3, -0.25) is 4.90 Å². The summed E-state index contributed by atoms with van der Waals surface area (Å²) in [6.07, 6.45) is 4.33. The predicted octanol–water partition coefficient (Wildman–Crippen LogP) is 4.42. The first-order valence-corrected chi connectivity index (χ1v) is 6.27. The van der Waals surface area contributed by atoms with Gasteiger partial charge in [0.1, 0.15) is 0 Å². The summed E-state index contributed by atoms with van der Waals surface area (Å²) < 4.78 is 0. The van der Waals surface area contributed by atoms with E-state index in [1.807, 2.05) is 30.3 Å². The molecule has 96 valence electrons. The zero-order chi connectivity index (χ0) is 13.2. The van der Waals surface area contributed by atoms with Crippen LogP contribution >= 0.6 is 0 Å². The summed E-state index contributed by atoms with van der Waals surface area (Å²) >= 11 is 0. The normalized spacial score (nSPS) is 10.1. The van der Waals surface area contributed by atoms with Crippen LogP contribution in [0.15, 0.2) is 42.0 Å². The summed E-state index contributed by atoms with van der Waals surface area (Å²) in [5, 5.41) is 3.56. The maximum Gasteiger partial charge on any atom is 0.0375 e. The Morgan fingerprint density at radius 2 is 2.11 bits per heavy atom. The molecule has 0 radical (unpaired) electrons. The molecule has 0 N–H and O–H groups in total. The molecule has 18 heavy (non-hydrogen) atoms. The van der Waals surface area contributed by atoms with Gasteiger partial charge in [-0.15, -0.1) is 6.58 Å². The molecule has 4 heteroatoms. The molecule has 0 amide bonds. The summed E-state index contributed by atoms with van der Waals surface area (Å²) in [4.78, 5) is 5.13. The molecule has 0 aromatic heterocycles. The van der Waals surface area contributed by atoms with Crippen LogP contribution in [0.25, 0.3) is 10.4 Å². The van der Waals surface area contributed by atoms with Crippen LogP contribution in [-0.2, 0) is 6.54 Å². The number of azide groups is 1. The van der Waals surface area contributed by atoms with Gasteiger partial charge >= 0.3 is 0 Å². The first-order chi connectivity index (χ1) is 8.80. The average molecular weight is 244 g/mol. The molecule has 0 saturated heterocycles. The number of hydrogen-bond acceptors (Lipinski definition) is 2. The standard InChI is InChI=1S/C14H20N4/c1-3-5-11-18(10-4-2)12-13-6-8-14(9-7-13)16-17-15/h4,6-9H,2-3,5,10-12H2,1H3. The number of nitrogens with zero attached hydrogens (tertiary/aromatic N) is 4. The van der Waals surface area contributed by atoms with Crippen molar-refractivity contribution in [3.05, 3.63) is 52.9 Å². The molecule has 0 atom stereocenters. The average Bonchev–Trinajstić information content (AvgIpc) is 2.39. The van der Waals surface area contributed by atoms with Gasteiger partial charge < -0.3 is 0 Å². The number of benzene rings is 1. The second-order valence-electron chi connectivity index (χ2n) is 4.23. The summed E-state index contributed by atoms with van der Waals surface area (Å²) in [6.45, 7) is 8.88. The van der Waals surface area contributed by atoms with Crippen molar-refractivity contribution in [1.29, 1.82) is 0 Å². The van der Waals surface area contributed by atoms with Crippen molar-refractivity contribution in [2.45, 2.75) is 26.3 Å². The highest BCUT2D eigenvalue weighted by Gasteiger charge is 2.03. The van der Waals surface area contributed by atoms with Gasteiger partial charge in [0.25, 0.3) is 0 Å². The smallest absolute Gasteiger partial charge is 0.0375 e. The van der Waals surface area contributed by atoms with Gasteiger partial charge in [0.15, 0.2) is 0 Å². The van der Waals surface area contributed by atoms with E-state index in [0.29, 0.717) is 5.69 Å². The van der Waals surface area contributed by atoms with Crippen LogP contribution < -0.4 is 0 Å². The molecular formula is C14H20N4. The van der Waals surface area contributed by atoms with Gasteiger partial charge in [-0.05, 0) is 24.1 Å². The number of hydrogen-bond donors (Lipinski definition) is 0. The SMILES string of the molecule is C=CCN(CCCC)Cc1ccc(N=[N+]=[N-])cc1. The second-order valence-corrected chi connectivity index (χ2v) is 4.23. The third kappa shape index (κ3) is 5.04.